The quantitative estimate of drug-likeness (QED) is 0.551. The number of halogens is 1. The van der Waals surface area contributed by atoms with Gasteiger partial charge >= 0.3 is 5.63 Å². The average Bonchev–Trinajstić information content (AvgIpc) is 2.66. The van der Waals surface area contributed by atoms with Crippen LogP contribution in [-0.2, 0) is 4.79 Å². The molecule has 0 spiro atoms. The Kier molecular flexibility index (Phi) is 5.38. The fraction of sp³-hybridized carbons (Fsp3) is 0.0500. The fourth-order valence-electron chi connectivity index (χ4n) is 2.35. The molecule has 1 aromatic heterocycles. The Morgan fingerprint density at radius 2 is 1.85 bits per heavy atom. The van der Waals surface area contributed by atoms with Crippen molar-refractivity contribution < 1.29 is 18.7 Å². The van der Waals surface area contributed by atoms with Crippen LogP contribution in [0.2, 0.25) is 5.02 Å². The van der Waals surface area contributed by atoms with Gasteiger partial charge in [-0.15, -0.1) is 0 Å². The summed E-state index contributed by atoms with van der Waals surface area (Å²) in [5.41, 5.74) is -0.111. The van der Waals surface area contributed by atoms with E-state index in [0.717, 1.165) is 5.56 Å². The van der Waals surface area contributed by atoms with Crippen LogP contribution in [0.25, 0.3) is 17.0 Å². The van der Waals surface area contributed by atoms with E-state index in [2.05, 4.69) is 5.32 Å². The van der Waals surface area contributed by atoms with Crippen LogP contribution < -0.4 is 15.7 Å². The van der Waals surface area contributed by atoms with Crippen molar-refractivity contribution >= 4 is 40.5 Å². The van der Waals surface area contributed by atoms with Crippen molar-refractivity contribution in [2.45, 2.75) is 0 Å². The molecule has 0 aliphatic heterocycles. The highest BCUT2D eigenvalue weighted by molar-refractivity contribution is 6.31. The number of rotatable bonds is 4. The molecule has 0 atom stereocenters. The lowest BCUT2D eigenvalue weighted by Crippen LogP contribution is -2.32. The Morgan fingerprint density at radius 3 is 2.56 bits per heavy atom. The highest BCUT2D eigenvalue weighted by atomic mass is 35.5. The molecule has 2 amide bonds. The number of carbonyl (C=O) groups is 2. The summed E-state index contributed by atoms with van der Waals surface area (Å²) in [5.74, 6) is -0.813. The lowest BCUT2D eigenvalue weighted by molar-refractivity contribution is -0.115. The first kappa shape index (κ1) is 18.4. The minimum atomic E-state index is -0.853. The van der Waals surface area contributed by atoms with Gasteiger partial charge in [0.05, 0.1) is 7.11 Å². The minimum Gasteiger partial charge on any atom is -0.497 e. The number of hydrogen-bond donors (Lipinski definition) is 1. The monoisotopic (exact) mass is 383 g/mol. The van der Waals surface area contributed by atoms with E-state index >= 15 is 0 Å². The van der Waals surface area contributed by atoms with Crippen molar-refractivity contribution in [1.82, 2.24) is 5.32 Å². The molecule has 27 heavy (non-hydrogen) atoms. The van der Waals surface area contributed by atoms with E-state index in [1.165, 1.54) is 24.3 Å². The summed E-state index contributed by atoms with van der Waals surface area (Å²) in [6, 6.07) is 13.1. The fourth-order valence-corrected chi connectivity index (χ4v) is 2.51. The molecular formula is C20H14ClNO5. The van der Waals surface area contributed by atoms with E-state index in [4.69, 9.17) is 20.8 Å². The molecule has 7 heteroatoms. The molecule has 3 rings (SSSR count). The van der Waals surface area contributed by atoms with Crippen LogP contribution in [0.5, 0.6) is 5.75 Å². The number of hydrogen-bond acceptors (Lipinski definition) is 5. The van der Waals surface area contributed by atoms with Gasteiger partial charge in [0.2, 0.25) is 0 Å². The first-order valence-corrected chi connectivity index (χ1v) is 8.25. The summed E-state index contributed by atoms with van der Waals surface area (Å²) >= 11 is 5.84. The lowest BCUT2D eigenvalue weighted by atomic mass is 10.1. The molecule has 0 radical (unpaired) electrons. The maximum atomic E-state index is 12.2. The highest BCUT2D eigenvalue weighted by Crippen LogP contribution is 2.18. The van der Waals surface area contributed by atoms with Gasteiger partial charge < -0.3 is 9.15 Å². The van der Waals surface area contributed by atoms with Crippen molar-refractivity contribution in [3.05, 3.63) is 81.2 Å². The minimum absolute atomic E-state index is 0.259. The smallest absolute Gasteiger partial charge is 0.349 e. The number of methoxy groups -OCH3 is 1. The zero-order valence-electron chi connectivity index (χ0n) is 14.2. The molecule has 1 heterocycles. The molecule has 2 aromatic carbocycles. The standard InChI is InChI=1S/C20H14ClNO5/c1-26-15-7-2-12(3-8-15)4-9-18(23)22-19(24)16-10-13-5-6-14(21)11-17(13)27-20(16)25/h2-11H,1H3,(H,22,23,24). The maximum Gasteiger partial charge on any atom is 0.349 e. The Hall–Kier alpha value is -3.38. The molecule has 0 bridgehead atoms. The molecule has 136 valence electrons. The van der Waals surface area contributed by atoms with Gasteiger partial charge in [-0.25, -0.2) is 4.79 Å². The second kappa shape index (κ2) is 7.88. The molecule has 0 aliphatic rings. The number of amides is 2. The molecule has 1 N–H and O–H groups in total. The second-order valence-corrected chi connectivity index (χ2v) is 5.99. The van der Waals surface area contributed by atoms with Gasteiger partial charge in [0.15, 0.2) is 0 Å². The van der Waals surface area contributed by atoms with E-state index in [0.29, 0.717) is 16.2 Å². The third kappa shape index (κ3) is 4.43. The van der Waals surface area contributed by atoms with Crippen molar-refractivity contribution in [2.24, 2.45) is 0 Å². The van der Waals surface area contributed by atoms with Gasteiger partial charge in [0, 0.05) is 22.6 Å². The summed E-state index contributed by atoms with van der Waals surface area (Å²) in [6.07, 6.45) is 2.73. The Labute approximate surface area is 159 Å². The van der Waals surface area contributed by atoms with Crippen LogP contribution >= 0.6 is 11.6 Å². The van der Waals surface area contributed by atoms with Crippen LogP contribution in [0.3, 0.4) is 0 Å². The van der Waals surface area contributed by atoms with Crippen LogP contribution in [0.4, 0.5) is 0 Å². The number of imide groups is 1. The first-order chi connectivity index (χ1) is 13.0. The molecule has 0 fully saturated rings. The molecule has 3 aromatic rings. The number of fused-ring (bicyclic) bond motifs is 1. The van der Waals surface area contributed by atoms with Crippen LogP contribution in [-0.4, -0.2) is 18.9 Å². The van der Waals surface area contributed by atoms with E-state index in [1.54, 1.807) is 43.5 Å². The molecule has 6 nitrogen and oxygen atoms in total. The number of nitrogens with one attached hydrogen (secondary N) is 1. The predicted octanol–water partition coefficient (Wildman–Crippen LogP) is 3.42. The van der Waals surface area contributed by atoms with Crippen molar-refractivity contribution in [3.63, 3.8) is 0 Å². The van der Waals surface area contributed by atoms with Gasteiger partial charge in [0.25, 0.3) is 11.8 Å². The Balaban J connectivity index is 1.74. The van der Waals surface area contributed by atoms with Crippen molar-refractivity contribution in [1.29, 1.82) is 0 Å². The Bertz CT molecular complexity index is 1100. The van der Waals surface area contributed by atoms with Gasteiger partial charge in [-0.3, -0.25) is 14.9 Å². The topological polar surface area (TPSA) is 85.6 Å². The summed E-state index contributed by atoms with van der Waals surface area (Å²) in [7, 11) is 1.56. The maximum absolute atomic E-state index is 12.2. The van der Waals surface area contributed by atoms with Crippen LogP contribution in [0.1, 0.15) is 15.9 Å². The first-order valence-electron chi connectivity index (χ1n) is 7.87. The molecule has 0 aliphatic carbocycles. The van der Waals surface area contributed by atoms with Crippen LogP contribution in [0, 0.1) is 0 Å². The molecule has 0 unspecified atom stereocenters. The number of carbonyl (C=O) groups excluding carboxylic acids is 2. The Morgan fingerprint density at radius 1 is 1.11 bits per heavy atom. The van der Waals surface area contributed by atoms with Crippen LogP contribution in [0.15, 0.2) is 63.8 Å². The molecule has 0 saturated heterocycles. The second-order valence-electron chi connectivity index (χ2n) is 5.55. The zero-order chi connectivity index (χ0) is 19.4. The number of benzene rings is 2. The van der Waals surface area contributed by atoms with Gasteiger partial charge in [0.1, 0.15) is 16.9 Å². The highest BCUT2D eigenvalue weighted by Gasteiger charge is 2.15. The van der Waals surface area contributed by atoms with E-state index in [1.807, 2.05) is 0 Å². The normalized spacial score (nSPS) is 10.9. The van der Waals surface area contributed by atoms with E-state index in [-0.39, 0.29) is 11.1 Å². The molecule has 0 saturated carbocycles. The molecular weight excluding hydrogens is 370 g/mol. The zero-order valence-corrected chi connectivity index (χ0v) is 14.9. The predicted molar refractivity (Wildman–Crippen MR) is 102 cm³/mol. The summed E-state index contributed by atoms with van der Waals surface area (Å²) in [6.45, 7) is 0. The average molecular weight is 384 g/mol. The number of ether oxygens (including phenoxy) is 1. The van der Waals surface area contributed by atoms with Crippen molar-refractivity contribution in [3.8, 4) is 5.75 Å². The van der Waals surface area contributed by atoms with Crippen molar-refractivity contribution in [2.75, 3.05) is 7.11 Å². The SMILES string of the molecule is COc1ccc(C=CC(=O)NC(=O)c2cc3ccc(Cl)cc3oc2=O)cc1. The summed E-state index contributed by atoms with van der Waals surface area (Å²) in [5, 5.41) is 3.05. The third-order valence-corrected chi connectivity index (χ3v) is 3.96. The van der Waals surface area contributed by atoms with Gasteiger partial charge in [-0.1, -0.05) is 23.7 Å². The summed E-state index contributed by atoms with van der Waals surface area (Å²) in [4.78, 5) is 36.2. The van der Waals surface area contributed by atoms with E-state index in [9.17, 15) is 14.4 Å². The van der Waals surface area contributed by atoms with Gasteiger partial charge in [-0.2, -0.15) is 0 Å². The third-order valence-electron chi connectivity index (χ3n) is 3.72. The summed E-state index contributed by atoms with van der Waals surface area (Å²) < 4.78 is 10.1. The largest absolute Gasteiger partial charge is 0.497 e. The van der Waals surface area contributed by atoms with E-state index < -0.39 is 17.4 Å². The van der Waals surface area contributed by atoms with Gasteiger partial charge in [-0.05, 0) is 42.0 Å². The lowest BCUT2D eigenvalue weighted by Gasteiger charge is -2.03.